The SMILES string of the molecule is CSCc1ccc(C(=O)NC2CCC(C(=O)NCCc3cccnc3)CC2)o1. The van der Waals surface area contributed by atoms with Crippen LogP contribution < -0.4 is 10.6 Å². The zero-order valence-electron chi connectivity index (χ0n) is 16.1. The Labute approximate surface area is 169 Å². The molecule has 0 bridgehead atoms. The number of amides is 2. The first kappa shape index (κ1) is 20.5. The molecule has 1 aliphatic rings. The first-order valence-electron chi connectivity index (χ1n) is 9.71. The summed E-state index contributed by atoms with van der Waals surface area (Å²) < 4.78 is 5.57. The molecular formula is C21H27N3O3S. The molecule has 0 aliphatic heterocycles. The Balaban J connectivity index is 1.37. The van der Waals surface area contributed by atoms with E-state index in [2.05, 4.69) is 15.6 Å². The van der Waals surface area contributed by atoms with Gasteiger partial charge >= 0.3 is 0 Å². The number of furan rings is 1. The van der Waals surface area contributed by atoms with Gasteiger partial charge in [0.05, 0.1) is 5.75 Å². The highest BCUT2D eigenvalue weighted by Gasteiger charge is 2.27. The van der Waals surface area contributed by atoms with Crippen LogP contribution in [0.1, 0.15) is 47.6 Å². The van der Waals surface area contributed by atoms with Crippen molar-refractivity contribution in [3.05, 3.63) is 53.7 Å². The quantitative estimate of drug-likeness (QED) is 0.710. The van der Waals surface area contributed by atoms with Crippen molar-refractivity contribution in [1.82, 2.24) is 15.6 Å². The van der Waals surface area contributed by atoms with Crippen molar-refractivity contribution in [2.24, 2.45) is 5.92 Å². The number of rotatable bonds is 8. The largest absolute Gasteiger partial charge is 0.455 e. The molecule has 2 aromatic heterocycles. The number of carbonyl (C=O) groups is 2. The third kappa shape index (κ3) is 5.86. The van der Waals surface area contributed by atoms with Gasteiger partial charge in [-0.2, -0.15) is 11.8 Å². The number of nitrogens with zero attached hydrogens (tertiary/aromatic N) is 1. The molecule has 28 heavy (non-hydrogen) atoms. The fourth-order valence-electron chi connectivity index (χ4n) is 3.50. The van der Waals surface area contributed by atoms with E-state index in [1.165, 1.54) is 0 Å². The van der Waals surface area contributed by atoms with Gasteiger partial charge in [-0.3, -0.25) is 14.6 Å². The minimum atomic E-state index is -0.170. The molecule has 6 nitrogen and oxygen atoms in total. The summed E-state index contributed by atoms with van der Waals surface area (Å²) in [5, 5.41) is 6.06. The molecule has 2 N–H and O–H groups in total. The van der Waals surface area contributed by atoms with E-state index < -0.39 is 0 Å². The van der Waals surface area contributed by atoms with Crippen molar-refractivity contribution in [3.63, 3.8) is 0 Å². The Kier molecular flexibility index (Phi) is 7.54. The monoisotopic (exact) mass is 401 g/mol. The summed E-state index contributed by atoms with van der Waals surface area (Å²) in [5.41, 5.74) is 1.12. The van der Waals surface area contributed by atoms with Crippen molar-refractivity contribution in [1.29, 1.82) is 0 Å². The predicted molar refractivity (Wildman–Crippen MR) is 110 cm³/mol. The Morgan fingerprint density at radius 2 is 2.04 bits per heavy atom. The number of carbonyl (C=O) groups excluding carboxylic acids is 2. The summed E-state index contributed by atoms with van der Waals surface area (Å²) in [4.78, 5) is 28.8. The van der Waals surface area contributed by atoms with E-state index in [1.54, 1.807) is 24.0 Å². The van der Waals surface area contributed by atoms with Crippen LogP contribution in [0.15, 0.2) is 41.1 Å². The number of thioether (sulfide) groups is 1. The summed E-state index contributed by atoms with van der Waals surface area (Å²) in [5.74, 6) is 1.90. The number of hydrogen-bond acceptors (Lipinski definition) is 5. The molecule has 0 saturated heterocycles. The number of pyridine rings is 1. The van der Waals surface area contributed by atoms with E-state index in [9.17, 15) is 9.59 Å². The maximum Gasteiger partial charge on any atom is 0.287 e. The summed E-state index contributed by atoms with van der Waals surface area (Å²) >= 11 is 1.66. The molecule has 2 heterocycles. The lowest BCUT2D eigenvalue weighted by Gasteiger charge is -2.28. The molecule has 7 heteroatoms. The molecule has 0 spiro atoms. The van der Waals surface area contributed by atoms with E-state index in [-0.39, 0.29) is 23.8 Å². The van der Waals surface area contributed by atoms with Gasteiger partial charge in [0.25, 0.3) is 5.91 Å². The topological polar surface area (TPSA) is 84.2 Å². The van der Waals surface area contributed by atoms with Crippen LogP contribution in [0.2, 0.25) is 0 Å². The molecule has 1 fully saturated rings. The Morgan fingerprint density at radius 3 is 2.75 bits per heavy atom. The van der Waals surface area contributed by atoms with Crippen molar-refractivity contribution >= 4 is 23.6 Å². The minimum Gasteiger partial charge on any atom is -0.455 e. The fourth-order valence-corrected chi connectivity index (χ4v) is 3.94. The zero-order chi connectivity index (χ0) is 19.8. The molecule has 2 aromatic rings. The normalized spacial score (nSPS) is 19.2. The van der Waals surface area contributed by atoms with Crippen molar-refractivity contribution in [2.75, 3.05) is 12.8 Å². The van der Waals surface area contributed by atoms with Crippen LogP contribution >= 0.6 is 11.8 Å². The average Bonchev–Trinajstić information content (AvgIpc) is 3.18. The second-order valence-electron chi connectivity index (χ2n) is 7.12. The molecular weight excluding hydrogens is 374 g/mol. The molecule has 0 aromatic carbocycles. The molecule has 150 valence electrons. The summed E-state index contributed by atoms with van der Waals surface area (Å²) in [6.07, 6.45) is 9.55. The van der Waals surface area contributed by atoms with Gasteiger partial charge in [0.1, 0.15) is 5.76 Å². The smallest absolute Gasteiger partial charge is 0.287 e. The molecule has 1 saturated carbocycles. The Morgan fingerprint density at radius 1 is 1.21 bits per heavy atom. The highest BCUT2D eigenvalue weighted by molar-refractivity contribution is 7.97. The van der Waals surface area contributed by atoms with Crippen LogP contribution in [0.3, 0.4) is 0 Å². The van der Waals surface area contributed by atoms with E-state index in [1.807, 2.05) is 30.7 Å². The maximum absolute atomic E-state index is 12.4. The first-order chi connectivity index (χ1) is 13.7. The van der Waals surface area contributed by atoms with Crippen LogP contribution in [0.4, 0.5) is 0 Å². The molecule has 0 radical (unpaired) electrons. The molecule has 0 unspecified atom stereocenters. The van der Waals surface area contributed by atoms with Gasteiger partial charge in [0, 0.05) is 30.9 Å². The zero-order valence-corrected chi connectivity index (χ0v) is 17.0. The van der Waals surface area contributed by atoms with Crippen molar-refractivity contribution in [3.8, 4) is 0 Å². The van der Waals surface area contributed by atoms with Crippen LogP contribution in [-0.2, 0) is 17.0 Å². The predicted octanol–water partition coefficient (Wildman–Crippen LogP) is 3.19. The maximum atomic E-state index is 12.4. The first-order valence-corrected chi connectivity index (χ1v) is 11.1. The van der Waals surface area contributed by atoms with E-state index in [0.717, 1.165) is 49.2 Å². The Bertz CT molecular complexity index is 770. The average molecular weight is 402 g/mol. The van der Waals surface area contributed by atoms with Gasteiger partial charge in [-0.05, 0) is 62.1 Å². The van der Waals surface area contributed by atoms with Crippen molar-refractivity contribution in [2.45, 2.75) is 43.9 Å². The van der Waals surface area contributed by atoms with Gasteiger partial charge in [0.2, 0.25) is 5.91 Å². The lowest BCUT2D eigenvalue weighted by Crippen LogP contribution is -2.41. The Hall–Kier alpha value is -2.28. The van der Waals surface area contributed by atoms with E-state index >= 15 is 0 Å². The molecule has 2 amide bonds. The molecule has 1 aliphatic carbocycles. The molecule has 0 atom stereocenters. The second-order valence-corrected chi connectivity index (χ2v) is 7.99. The lowest BCUT2D eigenvalue weighted by atomic mass is 9.85. The number of aromatic nitrogens is 1. The number of nitrogens with one attached hydrogen (secondary N) is 2. The van der Waals surface area contributed by atoms with Crippen LogP contribution in [-0.4, -0.2) is 35.6 Å². The van der Waals surface area contributed by atoms with Gasteiger partial charge in [-0.25, -0.2) is 0 Å². The third-order valence-corrected chi connectivity index (χ3v) is 5.61. The standard InChI is InChI=1S/C21H27N3O3S/c1-28-14-18-8-9-19(27-18)21(26)24-17-6-4-16(5-7-17)20(25)23-12-10-15-3-2-11-22-13-15/h2-3,8-9,11,13,16-17H,4-7,10,12,14H2,1H3,(H,23,25)(H,24,26). The van der Waals surface area contributed by atoms with Gasteiger partial charge in [-0.1, -0.05) is 6.07 Å². The van der Waals surface area contributed by atoms with E-state index in [4.69, 9.17) is 4.42 Å². The highest BCUT2D eigenvalue weighted by Crippen LogP contribution is 2.25. The van der Waals surface area contributed by atoms with Crippen LogP contribution in [0, 0.1) is 5.92 Å². The molecule has 3 rings (SSSR count). The van der Waals surface area contributed by atoms with Gasteiger partial charge < -0.3 is 15.1 Å². The summed E-state index contributed by atoms with van der Waals surface area (Å²) in [6.45, 7) is 0.623. The summed E-state index contributed by atoms with van der Waals surface area (Å²) in [7, 11) is 0. The summed E-state index contributed by atoms with van der Waals surface area (Å²) in [6, 6.07) is 7.58. The second kappa shape index (κ2) is 10.3. The fraction of sp³-hybridized carbons (Fsp3) is 0.476. The number of hydrogen-bond donors (Lipinski definition) is 2. The van der Waals surface area contributed by atoms with Gasteiger partial charge in [0.15, 0.2) is 5.76 Å². The van der Waals surface area contributed by atoms with Crippen molar-refractivity contribution < 1.29 is 14.0 Å². The third-order valence-electron chi connectivity index (χ3n) is 5.04. The minimum absolute atomic E-state index is 0.0267. The van der Waals surface area contributed by atoms with E-state index in [0.29, 0.717) is 12.3 Å². The van der Waals surface area contributed by atoms with Crippen LogP contribution in [0.25, 0.3) is 0 Å². The highest BCUT2D eigenvalue weighted by atomic mass is 32.2. The van der Waals surface area contributed by atoms with Gasteiger partial charge in [-0.15, -0.1) is 0 Å². The lowest BCUT2D eigenvalue weighted by molar-refractivity contribution is -0.126. The van der Waals surface area contributed by atoms with Crippen LogP contribution in [0.5, 0.6) is 0 Å².